The van der Waals surface area contributed by atoms with Gasteiger partial charge in [-0.3, -0.25) is 10.1 Å². The standard InChI is InChI=1S/C8H12N2O3/c1-6(7(11)12)10-8(13)4-2-3-5-9-8/h2-6,9-10,13H,1H3,(H,11,12)/t6-,8?/m0/s1. The lowest BCUT2D eigenvalue weighted by Gasteiger charge is -2.29. The minimum Gasteiger partial charge on any atom is -0.480 e. The fourth-order valence-corrected chi connectivity index (χ4v) is 0.955. The molecular weight excluding hydrogens is 172 g/mol. The zero-order chi connectivity index (χ0) is 9.90. The van der Waals surface area contributed by atoms with E-state index in [0.717, 1.165) is 0 Å². The summed E-state index contributed by atoms with van der Waals surface area (Å²) < 4.78 is 0. The fraction of sp³-hybridized carbons (Fsp3) is 0.375. The van der Waals surface area contributed by atoms with E-state index in [9.17, 15) is 9.90 Å². The summed E-state index contributed by atoms with van der Waals surface area (Å²) in [4.78, 5) is 10.5. The number of rotatable bonds is 3. The van der Waals surface area contributed by atoms with Gasteiger partial charge >= 0.3 is 5.97 Å². The molecule has 5 nitrogen and oxygen atoms in total. The summed E-state index contributed by atoms with van der Waals surface area (Å²) in [5.74, 6) is -2.48. The zero-order valence-electron chi connectivity index (χ0n) is 7.19. The van der Waals surface area contributed by atoms with Gasteiger partial charge in [-0.25, -0.2) is 0 Å². The maximum atomic E-state index is 10.5. The highest BCUT2D eigenvalue weighted by Crippen LogP contribution is 2.04. The van der Waals surface area contributed by atoms with E-state index >= 15 is 0 Å². The SMILES string of the molecule is C[C@H](NC1(O)C=CC=CN1)C(=O)O. The third-order valence-corrected chi connectivity index (χ3v) is 1.66. The van der Waals surface area contributed by atoms with E-state index in [1.807, 2.05) is 0 Å². The molecule has 0 amide bonds. The van der Waals surface area contributed by atoms with Crippen LogP contribution in [0.25, 0.3) is 0 Å². The van der Waals surface area contributed by atoms with Crippen LogP contribution in [0.4, 0.5) is 0 Å². The number of allylic oxidation sites excluding steroid dienone is 2. The number of dihydropyridines is 1. The Bertz CT molecular complexity index is 262. The molecule has 0 aromatic rings. The smallest absolute Gasteiger partial charge is 0.320 e. The van der Waals surface area contributed by atoms with Crippen LogP contribution in [0, 0.1) is 0 Å². The first-order chi connectivity index (χ1) is 6.03. The Morgan fingerprint density at radius 1 is 1.62 bits per heavy atom. The summed E-state index contributed by atoms with van der Waals surface area (Å²) >= 11 is 0. The van der Waals surface area contributed by atoms with Gasteiger partial charge in [0.05, 0.1) is 0 Å². The van der Waals surface area contributed by atoms with Crippen LogP contribution < -0.4 is 10.6 Å². The molecule has 0 fully saturated rings. The van der Waals surface area contributed by atoms with Gasteiger partial charge in [-0.2, -0.15) is 0 Å². The molecule has 4 N–H and O–H groups in total. The minimum atomic E-state index is -1.47. The molecular formula is C8H12N2O3. The number of hydrogen-bond donors (Lipinski definition) is 4. The normalized spacial score (nSPS) is 28.2. The van der Waals surface area contributed by atoms with Crippen molar-refractivity contribution in [1.29, 1.82) is 0 Å². The quantitative estimate of drug-likeness (QED) is 0.439. The molecule has 0 bridgehead atoms. The van der Waals surface area contributed by atoms with E-state index in [-0.39, 0.29) is 0 Å². The largest absolute Gasteiger partial charge is 0.480 e. The fourth-order valence-electron chi connectivity index (χ4n) is 0.955. The van der Waals surface area contributed by atoms with Crippen molar-refractivity contribution in [3.8, 4) is 0 Å². The predicted octanol–water partition coefficient (Wildman–Crippen LogP) is -0.632. The van der Waals surface area contributed by atoms with Crippen molar-refractivity contribution in [1.82, 2.24) is 10.6 Å². The number of aliphatic hydroxyl groups is 1. The van der Waals surface area contributed by atoms with Gasteiger partial charge in [0.15, 0.2) is 0 Å². The van der Waals surface area contributed by atoms with Gasteiger partial charge in [-0.05, 0) is 19.1 Å². The molecule has 1 aliphatic heterocycles. The van der Waals surface area contributed by atoms with Gasteiger partial charge < -0.3 is 15.5 Å². The van der Waals surface area contributed by atoms with Gasteiger partial charge in [0.1, 0.15) is 6.04 Å². The van der Waals surface area contributed by atoms with Crippen molar-refractivity contribution < 1.29 is 15.0 Å². The summed E-state index contributed by atoms with van der Waals surface area (Å²) in [5, 5.41) is 23.3. The molecule has 5 heteroatoms. The Labute approximate surface area is 75.8 Å². The average Bonchev–Trinajstić information content (AvgIpc) is 2.04. The van der Waals surface area contributed by atoms with Crippen LogP contribution in [-0.2, 0) is 4.79 Å². The van der Waals surface area contributed by atoms with Crippen molar-refractivity contribution >= 4 is 5.97 Å². The maximum Gasteiger partial charge on any atom is 0.320 e. The number of nitrogens with one attached hydrogen (secondary N) is 2. The van der Waals surface area contributed by atoms with Crippen LogP contribution in [0.2, 0.25) is 0 Å². The molecule has 0 aliphatic carbocycles. The van der Waals surface area contributed by atoms with Crippen molar-refractivity contribution in [2.24, 2.45) is 0 Å². The third-order valence-electron chi connectivity index (χ3n) is 1.66. The van der Waals surface area contributed by atoms with E-state index in [0.29, 0.717) is 0 Å². The molecule has 13 heavy (non-hydrogen) atoms. The van der Waals surface area contributed by atoms with Crippen molar-refractivity contribution in [2.75, 3.05) is 0 Å². The molecule has 1 heterocycles. The summed E-state index contributed by atoms with van der Waals surface area (Å²) in [6.07, 6.45) is 6.29. The molecule has 0 saturated carbocycles. The summed E-state index contributed by atoms with van der Waals surface area (Å²) in [6, 6.07) is -0.825. The van der Waals surface area contributed by atoms with Crippen molar-refractivity contribution in [3.63, 3.8) is 0 Å². The van der Waals surface area contributed by atoms with Gasteiger partial charge in [0.25, 0.3) is 0 Å². The maximum absolute atomic E-state index is 10.5. The molecule has 0 aromatic carbocycles. The second-order valence-corrected chi connectivity index (χ2v) is 2.83. The van der Waals surface area contributed by atoms with Crippen LogP contribution in [0.1, 0.15) is 6.92 Å². The highest BCUT2D eigenvalue weighted by atomic mass is 16.4. The van der Waals surface area contributed by atoms with Gasteiger partial charge in [-0.15, -0.1) is 0 Å². The van der Waals surface area contributed by atoms with Gasteiger partial charge in [-0.1, -0.05) is 6.08 Å². The molecule has 0 radical (unpaired) electrons. The number of carboxylic acids is 1. The topological polar surface area (TPSA) is 81.6 Å². The number of carbonyl (C=O) groups is 1. The Balaban J connectivity index is 2.57. The summed E-state index contributed by atoms with van der Waals surface area (Å²) in [5.41, 5.74) is 0. The molecule has 72 valence electrons. The highest BCUT2D eigenvalue weighted by molar-refractivity contribution is 5.73. The lowest BCUT2D eigenvalue weighted by Crippen LogP contribution is -2.58. The lowest BCUT2D eigenvalue weighted by atomic mass is 10.2. The first kappa shape index (κ1) is 9.76. The molecule has 0 aromatic heterocycles. The third kappa shape index (κ3) is 2.57. The van der Waals surface area contributed by atoms with Crippen LogP contribution in [0.15, 0.2) is 24.4 Å². The van der Waals surface area contributed by atoms with E-state index in [1.165, 1.54) is 19.2 Å². The monoisotopic (exact) mass is 184 g/mol. The first-order valence-electron chi connectivity index (χ1n) is 3.88. The molecule has 1 aliphatic rings. The zero-order valence-corrected chi connectivity index (χ0v) is 7.19. The van der Waals surface area contributed by atoms with Crippen molar-refractivity contribution in [2.45, 2.75) is 18.8 Å². The molecule has 1 rings (SSSR count). The van der Waals surface area contributed by atoms with Crippen LogP contribution in [-0.4, -0.2) is 28.1 Å². The van der Waals surface area contributed by atoms with E-state index in [1.54, 1.807) is 12.2 Å². The number of carboxylic acid groups (broad SMARTS) is 1. The highest BCUT2D eigenvalue weighted by Gasteiger charge is 2.27. The first-order valence-corrected chi connectivity index (χ1v) is 3.88. The lowest BCUT2D eigenvalue weighted by molar-refractivity contribution is -0.141. The van der Waals surface area contributed by atoms with Gasteiger partial charge in [0.2, 0.25) is 5.85 Å². The van der Waals surface area contributed by atoms with E-state index in [4.69, 9.17) is 5.11 Å². The van der Waals surface area contributed by atoms with E-state index in [2.05, 4.69) is 10.6 Å². The van der Waals surface area contributed by atoms with Crippen molar-refractivity contribution in [3.05, 3.63) is 24.4 Å². The minimum absolute atomic E-state index is 0.825. The molecule has 0 spiro atoms. The molecule has 2 atom stereocenters. The van der Waals surface area contributed by atoms with Crippen LogP contribution in [0.5, 0.6) is 0 Å². The Morgan fingerprint density at radius 3 is 2.77 bits per heavy atom. The number of hydrogen-bond acceptors (Lipinski definition) is 4. The Morgan fingerprint density at radius 2 is 2.31 bits per heavy atom. The Hall–Kier alpha value is -1.33. The number of aliphatic carboxylic acids is 1. The predicted molar refractivity (Wildman–Crippen MR) is 46.6 cm³/mol. The second-order valence-electron chi connectivity index (χ2n) is 2.83. The summed E-state index contributed by atoms with van der Waals surface area (Å²) in [7, 11) is 0. The van der Waals surface area contributed by atoms with Crippen LogP contribution in [0.3, 0.4) is 0 Å². The van der Waals surface area contributed by atoms with Crippen LogP contribution >= 0.6 is 0 Å². The molecule has 0 saturated heterocycles. The average molecular weight is 184 g/mol. The summed E-state index contributed by atoms with van der Waals surface area (Å²) in [6.45, 7) is 1.45. The molecule has 1 unspecified atom stereocenters. The second kappa shape index (κ2) is 3.59. The Kier molecular flexibility index (Phi) is 2.69. The van der Waals surface area contributed by atoms with E-state index < -0.39 is 17.9 Å². The van der Waals surface area contributed by atoms with Gasteiger partial charge in [0, 0.05) is 6.20 Å².